The molecule has 3 amide bonds. The molecule has 0 saturated heterocycles. The van der Waals surface area contributed by atoms with Crippen LogP contribution in [0.3, 0.4) is 0 Å². The highest BCUT2D eigenvalue weighted by molar-refractivity contribution is 9.15. The Bertz CT molecular complexity index is 1290. The van der Waals surface area contributed by atoms with Gasteiger partial charge in [0.05, 0.1) is 17.7 Å². The van der Waals surface area contributed by atoms with E-state index in [4.69, 9.17) is 23.2 Å². The third-order valence-corrected chi connectivity index (χ3v) is 10.3. The molecule has 0 N–H and O–H groups in total. The van der Waals surface area contributed by atoms with E-state index in [1.165, 1.54) is 12.1 Å². The lowest BCUT2D eigenvalue weighted by Gasteiger charge is -2.30. The summed E-state index contributed by atoms with van der Waals surface area (Å²) in [6.07, 6.45) is 0. The van der Waals surface area contributed by atoms with Crippen molar-refractivity contribution in [2.75, 3.05) is 0 Å². The van der Waals surface area contributed by atoms with Crippen molar-refractivity contribution in [2.45, 2.75) is 6.54 Å². The molecule has 0 aliphatic carbocycles. The second kappa shape index (κ2) is 9.79. The number of carbonyl (C=O) groups is 3. The zero-order valence-corrected chi connectivity index (χ0v) is 24.1. The fourth-order valence-electron chi connectivity index (χ4n) is 3.32. The Kier molecular flexibility index (Phi) is 7.38. The van der Waals surface area contributed by atoms with Crippen LogP contribution in [0.2, 0.25) is 10.0 Å². The van der Waals surface area contributed by atoms with E-state index in [0.29, 0.717) is 33.5 Å². The SMILES string of the molecule is O=C(c1ccc(Cl)cc1)N(Cc1ccccc1Cl)N1C(=O)c2c(Br)c(Br)c(Br)c(Br)c2C1=O. The van der Waals surface area contributed by atoms with Crippen LogP contribution in [0.15, 0.2) is 66.4 Å². The summed E-state index contributed by atoms with van der Waals surface area (Å²) in [6, 6.07) is 13.1. The molecule has 1 aliphatic heterocycles. The number of carbonyl (C=O) groups excluding carboxylic acids is 3. The number of hydrazine groups is 1. The first-order chi connectivity index (χ1) is 15.6. The van der Waals surface area contributed by atoms with Gasteiger partial charge in [-0.1, -0.05) is 41.4 Å². The number of hydrogen-bond acceptors (Lipinski definition) is 3. The molecule has 0 atom stereocenters. The molecule has 0 bridgehead atoms. The minimum Gasteiger partial charge on any atom is -0.267 e. The van der Waals surface area contributed by atoms with Crippen molar-refractivity contribution in [3.8, 4) is 0 Å². The van der Waals surface area contributed by atoms with Gasteiger partial charge in [0.2, 0.25) is 0 Å². The van der Waals surface area contributed by atoms with Gasteiger partial charge in [0.15, 0.2) is 0 Å². The van der Waals surface area contributed by atoms with E-state index in [1.807, 2.05) is 0 Å². The summed E-state index contributed by atoms with van der Waals surface area (Å²) in [5.74, 6) is -1.86. The van der Waals surface area contributed by atoms with Crippen LogP contribution in [0, 0.1) is 0 Å². The van der Waals surface area contributed by atoms with Gasteiger partial charge in [-0.15, -0.1) is 0 Å². The van der Waals surface area contributed by atoms with Gasteiger partial charge in [0.1, 0.15) is 0 Å². The molecule has 0 radical (unpaired) electrons. The molecule has 33 heavy (non-hydrogen) atoms. The second-order valence-electron chi connectivity index (χ2n) is 6.89. The maximum absolute atomic E-state index is 13.6. The van der Waals surface area contributed by atoms with Crippen LogP contribution in [0.25, 0.3) is 0 Å². The number of imide groups is 1. The molecule has 0 saturated carbocycles. The number of nitrogens with zero attached hydrogens (tertiary/aromatic N) is 2. The van der Waals surface area contributed by atoms with E-state index < -0.39 is 17.7 Å². The summed E-state index contributed by atoms with van der Waals surface area (Å²) < 4.78 is 1.89. The van der Waals surface area contributed by atoms with Gasteiger partial charge in [-0.3, -0.25) is 14.4 Å². The lowest BCUT2D eigenvalue weighted by atomic mass is 10.1. The summed E-state index contributed by atoms with van der Waals surface area (Å²) >= 11 is 25.9. The lowest BCUT2D eigenvalue weighted by molar-refractivity contribution is 0.000829. The van der Waals surface area contributed by atoms with Crippen molar-refractivity contribution in [1.82, 2.24) is 10.0 Å². The van der Waals surface area contributed by atoms with Gasteiger partial charge in [-0.2, -0.15) is 5.01 Å². The molecular weight excluding hydrogens is 731 g/mol. The molecule has 3 aromatic rings. The smallest absolute Gasteiger partial charge is 0.267 e. The Balaban J connectivity index is 1.86. The normalized spacial score (nSPS) is 12.8. The third kappa shape index (κ3) is 4.44. The number of amides is 3. The molecule has 1 heterocycles. The van der Waals surface area contributed by atoms with E-state index in [0.717, 1.165) is 10.0 Å². The first-order valence-corrected chi connectivity index (χ1v) is 13.1. The van der Waals surface area contributed by atoms with Crippen molar-refractivity contribution >= 4 is 105 Å². The van der Waals surface area contributed by atoms with Gasteiger partial charge in [0, 0.05) is 33.5 Å². The molecule has 4 rings (SSSR count). The molecule has 0 unspecified atom stereocenters. The minimum atomic E-state index is -0.648. The zero-order valence-electron chi connectivity index (χ0n) is 16.2. The molecule has 0 fully saturated rings. The Labute approximate surface area is 232 Å². The van der Waals surface area contributed by atoms with Crippen LogP contribution in [0.4, 0.5) is 0 Å². The van der Waals surface area contributed by atoms with Crippen LogP contribution >= 0.6 is 86.9 Å². The van der Waals surface area contributed by atoms with Gasteiger partial charge in [-0.25, -0.2) is 5.01 Å². The fraction of sp³-hybridized carbons (Fsp3) is 0.0455. The summed E-state index contributed by atoms with van der Waals surface area (Å²) in [7, 11) is 0. The zero-order chi connectivity index (χ0) is 24.0. The molecule has 11 heteroatoms. The average molecular weight is 741 g/mol. The topological polar surface area (TPSA) is 57.7 Å². The van der Waals surface area contributed by atoms with Crippen LogP contribution in [-0.2, 0) is 6.54 Å². The summed E-state index contributed by atoms with van der Waals surface area (Å²) in [4.78, 5) is 40.6. The summed E-state index contributed by atoms with van der Waals surface area (Å²) in [6.45, 7) is -0.107. The van der Waals surface area contributed by atoms with Gasteiger partial charge < -0.3 is 0 Å². The highest BCUT2D eigenvalue weighted by atomic mass is 79.9. The first kappa shape index (κ1) is 24.9. The van der Waals surface area contributed by atoms with E-state index in [1.54, 1.807) is 36.4 Å². The average Bonchev–Trinajstić information content (AvgIpc) is 3.06. The molecule has 168 valence electrons. The Morgan fingerprint density at radius 3 is 1.82 bits per heavy atom. The molecule has 0 spiro atoms. The van der Waals surface area contributed by atoms with Crippen LogP contribution in [0.5, 0.6) is 0 Å². The van der Waals surface area contributed by atoms with E-state index in [-0.39, 0.29) is 23.2 Å². The predicted octanol–water partition coefficient (Wildman–Crippen LogP) is 7.90. The maximum atomic E-state index is 13.6. The third-order valence-electron chi connectivity index (χ3n) is 4.92. The number of benzene rings is 3. The molecular formula is C22H10Br4Cl2N2O3. The summed E-state index contributed by atoms with van der Waals surface area (Å²) in [5, 5.41) is 2.79. The Hall–Kier alpha value is -1.23. The number of halogens is 6. The van der Waals surface area contributed by atoms with E-state index >= 15 is 0 Å². The number of rotatable bonds is 4. The largest absolute Gasteiger partial charge is 0.282 e. The highest BCUT2D eigenvalue weighted by Gasteiger charge is 2.45. The maximum Gasteiger partial charge on any atom is 0.282 e. The Morgan fingerprint density at radius 2 is 1.30 bits per heavy atom. The molecule has 5 nitrogen and oxygen atoms in total. The van der Waals surface area contributed by atoms with Crippen LogP contribution in [-0.4, -0.2) is 27.7 Å². The standard InChI is InChI=1S/C22H10Br4Cl2N2O3/c23-16-14-15(17(24)19(26)18(16)25)22(33)30(21(14)32)29(9-11-3-1-2-4-13(11)28)20(31)10-5-7-12(27)8-6-10/h1-8H,9H2. The monoisotopic (exact) mass is 736 g/mol. The van der Waals surface area contributed by atoms with Crippen LogP contribution in [0.1, 0.15) is 36.6 Å². The Morgan fingerprint density at radius 1 is 0.788 bits per heavy atom. The van der Waals surface area contributed by atoms with Crippen molar-refractivity contribution in [3.63, 3.8) is 0 Å². The first-order valence-electron chi connectivity index (χ1n) is 9.19. The van der Waals surface area contributed by atoms with Crippen molar-refractivity contribution < 1.29 is 14.4 Å². The number of hydrogen-bond donors (Lipinski definition) is 0. The van der Waals surface area contributed by atoms with E-state index in [9.17, 15) is 14.4 Å². The molecule has 0 aromatic heterocycles. The highest BCUT2D eigenvalue weighted by Crippen LogP contribution is 2.45. The molecule has 1 aliphatic rings. The quantitative estimate of drug-likeness (QED) is 0.155. The predicted molar refractivity (Wildman–Crippen MR) is 141 cm³/mol. The van der Waals surface area contributed by atoms with Crippen molar-refractivity contribution in [3.05, 3.63) is 98.7 Å². The van der Waals surface area contributed by atoms with Gasteiger partial charge in [0.25, 0.3) is 17.7 Å². The van der Waals surface area contributed by atoms with E-state index in [2.05, 4.69) is 63.7 Å². The van der Waals surface area contributed by atoms with Gasteiger partial charge >= 0.3 is 0 Å². The molecule has 3 aromatic carbocycles. The fourth-order valence-corrected chi connectivity index (χ4v) is 6.10. The lowest BCUT2D eigenvalue weighted by Crippen LogP contribution is -2.49. The van der Waals surface area contributed by atoms with Gasteiger partial charge in [-0.05, 0) is 99.6 Å². The summed E-state index contributed by atoms with van der Waals surface area (Å²) in [5.41, 5.74) is 1.09. The number of fused-ring (bicyclic) bond motifs is 1. The minimum absolute atomic E-state index is 0.107. The van der Waals surface area contributed by atoms with Crippen molar-refractivity contribution in [1.29, 1.82) is 0 Å². The second-order valence-corrected chi connectivity index (χ2v) is 10.9. The van der Waals surface area contributed by atoms with Crippen LogP contribution < -0.4 is 0 Å². The van der Waals surface area contributed by atoms with Crippen molar-refractivity contribution in [2.24, 2.45) is 0 Å².